The normalized spacial score (nSPS) is 15.0. The van der Waals surface area contributed by atoms with Gasteiger partial charge in [0.15, 0.2) is 8.32 Å². The molecule has 1 nitrogen and oxygen atoms in total. The molecule has 0 aliphatic carbocycles. The SMILES string of the molecule is CC(I)CCCO[Si](C)(C)C. The number of rotatable bonds is 5. The standard InChI is InChI=1S/C8H19IOSi/c1-8(9)6-5-7-10-11(2,3)4/h8H,5-7H2,1-4H3. The summed E-state index contributed by atoms with van der Waals surface area (Å²) in [5.41, 5.74) is 0. The predicted octanol–water partition coefficient (Wildman–Crippen LogP) is 3.44. The van der Waals surface area contributed by atoms with Gasteiger partial charge in [0.2, 0.25) is 0 Å². The van der Waals surface area contributed by atoms with Crippen molar-refractivity contribution < 1.29 is 4.43 Å². The van der Waals surface area contributed by atoms with Gasteiger partial charge >= 0.3 is 0 Å². The maximum Gasteiger partial charge on any atom is 0.183 e. The number of halogens is 1. The average molecular weight is 286 g/mol. The Bertz CT molecular complexity index is 98.8. The molecule has 0 rings (SSSR count). The molecule has 0 N–H and O–H groups in total. The highest BCUT2D eigenvalue weighted by Crippen LogP contribution is 2.09. The molecule has 11 heavy (non-hydrogen) atoms. The molecule has 0 amide bonds. The van der Waals surface area contributed by atoms with Gasteiger partial charge in [0.1, 0.15) is 0 Å². The maximum atomic E-state index is 5.72. The van der Waals surface area contributed by atoms with E-state index in [1.165, 1.54) is 12.8 Å². The maximum absolute atomic E-state index is 5.72. The molecule has 0 aliphatic rings. The Labute approximate surface area is 85.2 Å². The second-order valence-electron chi connectivity index (χ2n) is 3.88. The molecule has 0 bridgehead atoms. The third-order valence-electron chi connectivity index (χ3n) is 1.28. The van der Waals surface area contributed by atoms with Crippen molar-refractivity contribution in [3.63, 3.8) is 0 Å². The van der Waals surface area contributed by atoms with Crippen molar-refractivity contribution in [1.82, 2.24) is 0 Å². The van der Waals surface area contributed by atoms with Gasteiger partial charge in [-0.1, -0.05) is 29.5 Å². The van der Waals surface area contributed by atoms with E-state index in [1.807, 2.05) is 0 Å². The van der Waals surface area contributed by atoms with E-state index in [2.05, 4.69) is 49.2 Å². The highest BCUT2D eigenvalue weighted by molar-refractivity contribution is 14.1. The van der Waals surface area contributed by atoms with Crippen LogP contribution < -0.4 is 0 Å². The smallest absolute Gasteiger partial charge is 0.183 e. The molecular weight excluding hydrogens is 267 g/mol. The Hall–Kier alpha value is 0.907. The molecule has 68 valence electrons. The summed E-state index contributed by atoms with van der Waals surface area (Å²) in [7, 11) is -1.23. The molecule has 0 spiro atoms. The molecule has 0 heterocycles. The fourth-order valence-corrected chi connectivity index (χ4v) is 1.94. The highest BCUT2D eigenvalue weighted by Gasteiger charge is 2.13. The van der Waals surface area contributed by atoms with Crippen molar-refractivity contribution in [3.05, 3.63) is 0 Å². The number of hydrogen-bond donors (Lipinski definition) is 0. The Balaban J connectivity index is 3.15. The van der Waals surface area contributed by atoms with Crippen molar-refractivity contribution in [2.75, 3.05) is 6.61 Å². The minimum atomic E-state index is -1.23. The zero-order valence-corrected chi connectivity index (χ0v) is 11.1. The van der Waals surface area contributed by atoms with Crippen LogP contribution >= 0.6 is 22.6 Å². The Morgan fingerprint density at radius 2 is 1.91 bits per heavy atom. The van der Waals surface area contributed by atoms with E-state index in [4.69, 9.17) is 4.43 Å². The van der Waals surface area contributed by atoms with Gasteiger partial charge in [-0.05, 0) is 32.5 Å². The first-order chi connectivity index (χ1) is 4.92. The number of alkyl halides is 1. The lowest BCUT2D eigenvalue weighted by molar-refractivity contribution is 0.301. The second kappa shape index (κ2) is 5.53. The summed E-state index contributed by atoms with van der Waals surface area (Å²) < 4.78 is 6.50. The summed E-state index contributed by atoms with van der Waals surface area (Å²) in [6, 6.07) is 0. The van der Waals surface area contributed by atoms with Gasteiger partial charge in [-0.25, -0.2) is 0 Å². The van der Waals surface area contributed by atoms with Gasteiger partial charge in [0.25, 0.3) is 0 Å². The summed E-state index contributed by atoms with van der Waals surface area (Å²) >= 11 is 2.46. The van der Waals surface area contributed by atoms with E-state index >= 15 is 0 Å². The van der Waals surface area contributed by atoms with Gasteiger partial charge in [-0.15, -0.1) is 0 Å². The predicted molar refractivity (Wildman–Crippen MR) is 62.0 cm³/mol. The molecule has 0 aliphatic heterocycles. The minimum Gasteiger partial charge on any atom is -0.418 e. The Kier molecular flexibility index (Phi) is 5.99. The van der Waals surface area contributed by atoms with E-state index in [-0.39, 0.29) is 0 Å². The molecule has 0 aromatic rings. The first kappa shape index (κ1) is 11.9. The molecular formula is C8H19IOSi. The Morgan fingerprint density at radius 3 is 2.27 bits per heavy atom. The third-order valence-corrected chi connectivity index (χ3v) is 2.97. The summed E-state index contributed by atoms with van der Waals surface area (Å²) in [5, 5.41) is 0. The molecule has 1 unspecified atom stereocenters. The van der Waals surface area contributed by atoms with Crippen LogP contribution in [0.25, 0.3) is 0 Å². The summed E-state index contributed by atoms with van der Waals surface area (Å²) in [6.07, 6.45) is 2.50. The molecule has 0 saturated heterocycles. The summed E-state index contributed by atoms with van der Waals surface area (Å²) in [6.45, 7) is 9.92. The lowest BCUT2D eigenvalue weighted by Crippen LogP contribution is -2.25. The van der Waals surface area contributed by atoms with Crippen molar-refractivity contribution in [1.29, 1.82) is 0 Å². The topological polar surface area (TPSA) is 9.23 Å². The van der Waals surface area contributed by atoms with Crippen LogP contribution in [0.5, 0.6) is 0 Å². The van der Waals surface area contributed by atoms with Gasteiger partial charge < -0.3 is 4.43 Å². The first-order valence-corrected chi connectivity index (χ1v) is 8.85. The lowest BCUT2D eigenvalue weighted by atomic mass is 10.3. The van der Waals surface area contributed by atoms with Crippen LogP contribution in [0.1, 0.15) is 19.8 Å². The fourth-order valence-electron chi connectivity index (χ4n) is 0.743. The van der Waals surface area contributed by atoms with Crippen LogP contribution in [0, 0.1) is 0 Å². The van der Waals surface area contributed by atoms with Crippen LogP contribution in [0.15, 0.2) is 0 Å². The summed E-state index contributed by atoms with van der Waals surface area (Å²) in [5.74, 6) is 0. The first-order valence-electron chi connectivity index (χ1n) is 4.20. The van der Waals surface area contributed by atoms with Gasteiger partial charge in [-0.2, -0.15) is 0 Å². The van der Waals surface area contributed by atoms with Crippen LogP contribution in [-0.2, 0) is 4.43 Å². The quantitative estimate of drug-likeness (QED) is 0.325. The van der Waals surface area contributed by atoms with Crippen molar-refractivity contribution >= 4 is 30.9 Å². The molecule has 0 radical (unpaired) electrons. The van der Waals surface area contributed by atoms with Crippen LogP contribution in [-0.4, -0.2) is 18.8 Å². The van der Waals surface area contributed by atoms with Crippen LogP contribution in [0.2, 0.25) is 19.6 Å². The minimum absolute atomic E-state index is 0.790. The van der Waals surface area contributed by atoms with E-state index in [9.17, 15) is 0 Å². The molecule has 1 atom stereocenters. The fraction of sp³-hybridized carbons (Fsp3) is 1.00. The molecule has 0 aromatic carbocycles. The summed E-state index contributed by atoms with van der Waals surface area (Å²) in [4.78, 5) is 0. The largest absolute Gasteiger partial charge is 0.418 e. The van der Waals surface area contributed by atoms with Crippen molar-refractivity contribution in [2.45, 2.75) is 43.3 Å². The average Bonchev–Trinajstić information content (AvgIpc) is 1.78. The molecule has 3 heteroatoms. The van der Waals surface area contributed by atoms with Gasteiger partial charge in [0.05, 0.1) is 0 Å². The zero-order chi connectivity index (χ0) is 8.91. The van der Waals surface area contributed by atoms with Crippen molar-refractivity contribution in [3.8, 4) is 0 Å². The molecule has 0 saturated carbocycles. The zero-order valence-electron chi connectivity index (χ0n) is 7.98. The van der Waals surface area contributed by atoms with Crippen molar-refractivity contribution in [2.24, 2.45) is 0 Å². The lowest BCUT2D eigenvalue weighted by Gasteiger charge is -2.17. The van der Waals surface area contributed by atoms with Crippen LogP contribution in [0.4, 0.5) is 0 Å². The second-order valence-corrected chi connectivity index (χ2v) is 10.5. The number of hydrogen-bond acceptors (Lipinski definition) is 1. The Morgan fingerprint density at radius 1 is 1.36 bits per heavy atom. The van der Waals surface area contributed by atoms with Gasteiger partial charge in [0, 0.05) is 10.5 Å². The van der Waals surface area contributed by atoms with E-state index < -0.39 is 8.32 Å². The molecule has 0 fully saturated rings. The van der Waals surface area contributed by atoms with E-state index in [0.29, 0.717) is 0 Å². The van der Waals surface area contributed by atoms with Crippen LogP contribution in [0.3, 0.4) is 0 Å². The highest BCUT2D eigenvalue weighted by atomic mass is 127. The monoisotopic (exact) mass is 286 g/mol. The van der Waals surface area contributed by atoms with E-state index in [0.717, 1.165) is 10.5 Å². The van der Waals surface area contributed by atoms with E-state index in [1.54, 1.807) is 0 Å². The van der Waals surface area contributed by atoms with Gasteiger partial charge in [-0.3, -0.25) is 0 Å². The molecule has 0 aromatic heterocycles. The third kappa shape index (κ3) is 10.9.